The van der Waals surface area contributed by atoms with E-state index in [1.54, 1.807) is 68.3 Å². The number of hydrogen-bond donors (Lipinski definition) is 8. The lowest BCUT2D eigenvalue weighted by Crippen LogP contribution is -2.46. The molecule has 5 aliphatic rings. The largest absolute Gasteiger partial charge is 0.458 e. The van der Waals surface area contributed by atoms with Crippen molar-refractivity contribution in [3.8, 4) is 0 Å². The molecule has 94 heavy (non-hydrogen) atoms. The molecule has 5 rings (SSSR count). The van der Waals surface area contributed by atoms with Gasteiger partial charge in [-0.05, 0) is 129 Å². The highest BCUT2D eigenvalue weighted by molar-refractivity contribution is 5.88. The van der Waals surface area contributed by atoms with Crippen molar-refractivity contribution in [3.63, 3.8) is 0 Å². The predicted octanol–water partition coefficient (Wildman–Crippen LogP) is 9.00. The van der Waals surface area contributed by atoms with Gasteiger partial charge in [0.15, 0.2) is 0 Å². The highest BCUT2D eigenvalue weighted by atomic mass is 16.6. The lowest BCUT2D eigenvalue weighted by atomic mass is 9.78. The maximum absolute atomic E-state index is 14.2. The second-order valence-corrected chi connectivity index (χ2v) is 29.5. The molecule has 0 amide bonds. The fourth-order valence-electron chi connectivity index (χ4n) is 15.1. The standard InChI is InChI=1S/C74H128O20/c1-41(25-29-59-35-61(85-13)31-45(5)89-59)69(81)51(11)72-50(10)66(80)40-64(78)48(8)68(88-16)38-58-22-18-19-55(92-58)33-53(75)27-23-43(3)73(83)93-71(42(2)26-30-60-36-62(86-14)32-46(6)90-60)52(12)70(82)49(9)65(79)39-63(77)47(7)67(87-15)37-57-21-17-20-56(91-57)34-54(76)28-24-44(4)74(84)94-72/h17-20,23-24,41-42,45-72,75-82H,21-22,25-40H2,1-16H3/b43-23+,44-24+/t41-,42-,45-,46-,47-,48-,49-,50-,51-,52+,53-,54-,55+,56-,57-,58-,59-,60-,61+,62+,63-,64-,65+,66+,67-,68-,69-,70-,71-,72-/m0/s1. The first kappa shape index (κ1) is 81.9. The number of rotatable bonds is 14. The zero-order valence-electron chi connectivity index (χ0n) is 60.0. The van der Waals surface area contributed by atoms with E-state index in [-0.39, 0.29) is 110 Å². The molecule has 0 radical (unpaired) electrons. The second kappa shape index (κ2) is 40.5. The van der Waals surface area contributed by atoms with Crippen LogP contribution in [0.2, 0.25) is 0 Å². The molecular formula is C74H128O20. The minimum atomic E-state index is -1.18. The molecule has 0 unspecified atom stereocenters. The van der Waals surface area contributed by atoms with Crippen molar-refractivity contribution < 1.29 is 97.8 Å². The Balaban J connectivity index is 1.38. The van der Waals surface area contributed by atoms with Crippen LogP contribution in [0.3, 0.4) is 0 Å². The summed E-state index contributed by atoms with van der Waals surface area (Å²) in [5.41, 5.74) is 0.519. The topological polar surface area (TPSA) is 288 Å². The van der Waals surface area contributed by atoms with Crippen molar-refractivity contribution in [1.29, 1.82) is 0 Å². The third-order valence-corrected chi connectivity index (χ3v) is 21.9. The van der Waals surface area contributed by atoms with Crippen LogP contribution in [0.5, 0.6) is 0 Å². The van der Waals surface area contributed by atoms with Crippen molar-refractivity contribution in [3.05, 3.63) is 47.6 Å². The Morgan fingerprint density at radius 1 is 0.479 bits per heavy atom. The van der Waals surface area contributed by atoms with Crippen molar-refractivity contribution >= 4 is 11.9 Å². The van der Waals surface area contributed by atoms with Gasteiger partial charge in [0, 0.05) is 101 Å². The Bertz CT molecular complexity index is 2320. The van der Waals surface area contributed by atoms with Gasteiger partial charge in [-0.25, -0.2) is 9.59 Å². The minimum Gasteiger partial charge on any atom is -0.458 e. The van der Waals surface area contributed by atoms with Gasteiger partial charge in [-0.15, -0.1) is 0 Å². The number of aliphatic hydroxyl groups excluding tert-OH is 8. The number of methoxy groups -OCH3 is 4. The number of aliphatic hydroxyl groups is 8. The molecular weight excluding hydrogens is 1210 g/mol. The van der Waals surface area contributed by atoms with Crippen LogP contribution < -0.4 is 0 Å². The van der Waals surface area contributed by atoms with Crippen LogP contribution in [0, 0.1) is 47.3 Å². The average Bonchev–Trinajstić information content (AvgIpc) is 0.859. The van der Waals surface area contributed by atoms with Gasteiger partial charge in [0.2, 0.25) is 0 Å². The molecule has 20 heteroatoms. The van der Waals surface area contributed by atoms with Gasteiger partial charge in [0.25, 0.3) is 0 Å². The summed E-state index contributed by atoms with van der Waals surface area (Å²) in [6.45, 7) is 22.1. The zero-order valence-corrected chi connectivity index (χ0v) is 60.0. The summed E-state index contributed by atoms with van der Waals surface area (Å²) >= 11 is 0. The summed E-state index contributed by atoms with van der Waals surface area (Å²) in [4.78, 5) is 28.3. The molecule has 2 saturated heterocycles. The van der Waals surface area contributed by atoms with Crippen molar-refractivity contribution in [2.24, 2.45) is 47.3 Å². The van der Waals surface area contributed by atoms with Gasteiger partial charge in [0.1, 0.15) is 12.2 Å². The smallest absolute Gasteiger partial charge is 0.333 e. The Hall–Kier alpha value is -2.74. The lowest BCUT2D eigenvalue weighted by Gasteiger charge is -2.38. The second-order valence-electron chi connectivity index (χ2n) is 29.5. The molecule has 0 aromatic rings. The maximum atomic E-state index is 14.2. The Morgan fingerprint density at radius 2 is 0.894 bits per heavy atom. The average molecular weight is 1340 g/mol. The number of carbonyl (C=O) groups is 2. The molecule has 8 N–H and O–H groups in total. The van der Waals surface area contributed by atoms with E-state index in [2.05, 4.69) is 0 Å². The molecule has 0 aromatic carbocycles. The van der Waals surface area contributed by atoms with Gasteiger partial charge in [0.05, 0.1) is 122 Å². The number of fused-ring (bicyclic) bond motifs is 4. The number of esters is 2. The Labute approximate surface area is 563 Å². The predicted molar refractivity (Wildman–Crippen MR) is 359 cm³/mol. The van der Waals surface area contributed by atoms with E-state index in [0.717, 1.165) is 25.7 Å². The van der Waals surface area contributed by atoms with E-state index in [1.165, 1.54) is 0 Å². The van der Waals surface area contributed by atoms with Gasteiger partial charge in [-0.1, -0.05) is 91.8 Å². The van der Waals surface area contributed by atoms with Gasteiger partial charge in [-0.3, -0.25) is 0 Å². The monoisotopic (exact) mass is 1340 g/mol. The molecule has 0 aromatic heterocycles. The van der Waals surface area contributed by atoms with Crippen molar-refractivity contribution in [2.75, 3.05) is 28.4 Å². The van der Waals surface area contributed by atoms with Crippen LogP contribution in [0.4, 0.5) is 0 Å². The van der Waals surface area contributed by atoms with Crippen LogP contribution in [-0.2, 0) is 57.0 Å². The molecule has 0 saturated carbocycles. The third kappa shape index (κ3) is 25.5. The van der Waals surface area contributed by atoms with E-state index in [1.807, 2.05) is 79.7 Å². The van der Waals surface area contributed by atoms with Crippen molar-refractivity contribution in [2.45, 2.75) is 333 Å². The molecule has 5 aliphatic heterocycles. The summed E-state index contributed by atoms with van der Waals surface area (Å²) in [5, 5.41) is 94.5. The van der Waals surface area contributed by atoms with E-state index in [4.69, 9.17) is 47.4 Å². The first-order valence-corrected chi connectivity index (χ1v) is 35.7. The SMILES string of the molecule is CO[C@H]1C[C@H](CC[C@H](C)[C@H](O)[C@H](C)[C@H]2OC(=O)/C(C)=C/C[C@H](O)C[C@@H]3C=CC[C@@H](C[C@H](OC)[C@@H](C)[C@@H](O)C[C@@H](O)[C@H](C)[C@H](O)[C@@H](C)[C@H]([C@@H](C)CC[C@H]4C[C@H](OC)C[C@H](C)O4)OC(=O)/C(C)=C/C[C@H](O)C[C@H]4C=CC[C@@H](C[C@H](OC)[C@@H](C)[C@@H](O)C[C@@H](O)[C@@H]2C)O4)O3)O[C@@H](C)C1. The Kier molecular flexibility index (Phi) is 35.3. The highest BCUT2D eigenvalue weighted by Crippen LogP contribution is 2.37. The number of hydrogen-bond acceptors (Lipinski definition) is 20. The van der Waals surface area contributed by atoms with E-state index in [0.29, 0.717) is 51.4 Å². The highest BCUT2D eigenvalue weighted by Gasteiger charge is 2.43. The quantitative estimate of drug-likeness (QED) is 0.0594. The van der Waals surface area contributed by atoms with Crippen LogP contribution in [-0.4, -0.2) is 216 Å². The molecule has 20 nitrogen and oxygen atoms in total. The molecule has 4 bridgehead atoms. The fourth-order valence-corrected chi connectivity index (χ4v) is 15.1. The lowest BCUT2D eigenvalue weighted by molar-refractivity contribution is -0.159. The molecule has 544 valence electrons. The Morgan fingerprint density at radius 3 is 1.33 bits per heavy atom. The zero-order chi connectivity index (χ0) is 69.7. The molecule has 0 spiro atoms. The van der Waals surface area contributed by atoms with E-state index < -0.39 is 133 Å². The molecule has 0 aliphatic carbocycles. The van der Waals surface area contributed by atoms with Crippen molar-refractivity contribution in [1.82, 2.24) is 0 Å². The summed E-state index contributed by atoms with van der Waals surface area (Å²) < 4.78 is 61.6. The van der Waals surface area contributed by atoms with Gasteiger partial charge in [-0.2, -0.15) is 0 Å². The maximum Gasteiger partial charge on any atom is 0.333 e. The summed E-state index contributed by atoms with van der Waals surface area (Å²) in [5.74, 6) is -5.54. The first-order chi connectivity index (χ1) is 44.5. The van der Waals surface area contributed by atoms with Crippen LogP contribution in [0.25, 0.3) is 0 Å². The number of ether oxygens (including phenoxy) is 10. The fraction of sp³-hybridized carbons (Fsp3) is 0.865. The number of cyclic esters (lactones) is 2. The summed E-state index contributed by atoms with van der Waals surface area (Å²) in [6, 6.07) is 0. The van der Waals surface area contributed by atoms with Crippen LogP contribution >= 0.6 is 0 Å². The van der Waals surface area contributed by atoms with Crippen LogP contribution in [0.1, 0.15) is 199 Å². The normalized spacial score (nSPS) is 42.6. The summed E-state index contributed by atoms with van der Waals surface area (Å²) in [6.07, 6.45) is 6.61. The molecule has 2 fully saturated rings. The minimum absolute atomic E-state index is 0.0216. The van der Waals surface area contributed by atoms with E-state index >= 15 is 0 Å². The van der Waals surface area contributed by atoms with Crippen LogP contribution in [0.15, 0.2) is 47.6 Å². The molecule has 5 heterocycles. The molecule has 30 atom stereocenters. The third-order valence-electron chi connectivity index (χ3n) is 21.9. The van der Waals surface area contributed by atoms with Gasteiger partial charge < -0.3 is 88.2 Å². The van der Waals surface area contributed by atoms with Gasteiger partial charge >= 0.3 is 11.9 Å². The number of carbonyl (C=O) groups excluding carboxylic acids is 2. The first-order valence-electron chi connectivity index (χ1n) is 35.7. The van der Waals surface area contributed by atoms with E-state index in [9.17, 15) is 50.4 Å². The summed E-state index contributed by atoms with van der Waals surface area (Å²) in [7, 11) is 6.56.